The fourth-order valence-corrected chi connectivity index (χ4v) is 1.99. The van der Waals surface area contributed by atoms with Gasteiger partial charge in [0.05, 0.1) is 5.52 Å². The van der Waals surface area contributed by atoms with Crippen LogP contribution in [0.3, 0.4) is 0 Å². The van der Waals surface area contributed by atoms with E-state index < -0.39 is 0 Å². The molecular formula is C16H14N2O. The third kappa shape index (κ3) is 2.65. The zero-order valence-corrected chi connectivity index (χ0v) is 10.4. The molecule has 94 valence electrons. The molecule has 3 rings (SSSR count). The molecule has 0 aliphatic rings. The predicted molar refractivity (Wildman–Crippen MR) is 76.9 cm³/mol. The number of nitrogen functional groups attached to an aromatic ring is 1. The van der Waals surface area contributed by atoms with Crippen LogP contribution in [0.15, 0.2) is 60.8 Å². The Bertz CT molecular complexity index is 710. The zero-order valence-electron chi connectivity index (χ0n) is 10.4. The van der Waals surface area contributed by atoms with Crippen molar-refractivity contribution in [1.29, 1.82) is 0 Å². The first-order chi connectivity index (χ1) is 9.31. The van der Waals surface area contributed by atoms with Gasteiger partial charge >= 0.3 is 0 Å². The lowest BCUT2D eigenvalue weighted by Crippen LogP contribution is -1.96. The molecule has 0 bridgehead atoms. The fourth-order valence-electron chi connectivity index (χ4n) is 1.99. The Balaban J connectivity index is 1.78. The van der Waals surface area contributed by atoms with Gasteiger partial charge in [-0.25, -0.2) is 0 Å². The van der Waals surface area contributed by atoms with Crippen molar-refractivity contribution in [1.82, 2.24) is 4.98 Å². The monoisotopic (exact) mass is 250 g/mol. The Morgan fingerprint density at radius 3 is 2.84 bits per heavy atom. The van der Waals surface area contributed by atoms with Gasteiger partial charge in [-0.1, -0.05) is 18.2 Å². The molecule has 0 saturated carbocycles. The first kappa shape index (κ1) is 11.5. The summed E-state index contributed by atoms with van der Waals surface area (Å²) in [5, 5.41) is 1.08. The number of nitrogens with two attached hydrogens (primary N) is 1. The fraction of sp³-hybridized carbons (Fsp3) is 0.0625. The molecule has 0 aliphatic carbocycles. The van der Waals surface area contributed by atoms with Gasteiger partial charge in [-0.15, -0.1) is 0 Å². The predicted octanol–water partition coefficient (Wildman–Crippen LogP) is 3.40. The molecular weight excluding hydrogens is 236 g/mol. The molecule has 0 fully saturated rings. The summed E-state index contributed by atoms with van der Waals surface area (Å²) in [5.41, 5.74) is 8.52. The lowest BCUT2D eigenvalue weighted by molar-refractivity contribution is 0.306. The van der Waals surface area contributed by atoms with Gasteiger partial charge in [0.15, 0.2) is 0 Å². The summed E-state index contributed by atoms with van der Waals surface area (Å²) in [7, 11) is 0. The largest absolute Gasteiger partial charge is 0.489 e. The highest BCUT2D eigenvalue weighted by Gasteiger charge is 1.99. The van der Waals surface area contributed by atoms with E-state index in [-0.39, 0.29) is 0 Å². The summed E-state index contributed by atoms with van der Waals surface area (Å²) in [6, 6.07) is 17.5. The smallest absolute Gasteiger partial charge is 0.120 e. The van der Waals surface area contributed by atoms with Crippen molar-refractivity contribution in [3.05, 3.63) is 66.4 Å². The third-order valence-corrected chi connectivity index (χ3v) is 2.93. The minimum absolute atomic E-state index is 0.511. The molecule has 0 atom stereocenters. The summed E-state index contributed by atoms with van der Waals surface area (Å²) in [6.45, 7) is 0.511. The highest BCUT2D eigenvalue weighted by Crippen LogP contribution is 2.20. The molecule has 0 unspecified atom stereocenters. The number of anilines is 1. The zero-order chi connectivity index (χ0) is 13.1. The summed E-state index contributed by atoms with van der Waals surface area (Å²) in [5.74, 6) is 0.836. The van der Waals surface area contributed by atoms with Crippen LogP contribution in [-0.4, -0.2) is 4.98 Å². The van der Waals surface area contributed by atoms with Crippen molar-refractivity contribution < 1.29 is 4.74 Å². The summed E-state index contributed by atoms with van der Waals surface area (Å²) in [4.78, 5) is 4.28. The van der Waals surface area contributed by atoms with Crippen molar-refractivity contribution in [3.8, 4) is 5.75 Å². The SMILES string of the molecule is Nc1cccc(COc2ccc3ncccc3c2)c1. The van der Waals surface area contributed by atoms with E-state index in [9.17, 15) is 0 Å². The van der Waals surface area contributed by atoms with E-state index in [1.807, 2.05) is 54.6 Å². The van der Waals surface area contributed by atoms with E-state index in [0.29, 0.717) is 6.61 Å². The number of fused-ring (bicyclic) bond motifs is 1. The second-order valence-electron chi connectivity index (χ2n) is 4.39. The van der Waals surface area contributed by atoms with E-state index in [1.54, 1.807) is 6.20 Å². The minimum atomic E-state index is 0.511. The Hall–Kier alpha value is -2.55. The molecule has 0 spiro atoms. The van der Waals surface area contributed by atoms with Gasteiger partial charge < -0.3 is 10.5 Å². The standard InChI is InChI=1S/C16H14N2O/c17-14-5-1-3-12(9-14)11-19-15-6-7-16-13(10-15)4-2-8-18-16/h1-10H,11,17H2. The van der Waals surface area contributed by atoms with Crippen molar-refractivity contribution in [2.24, 2.45) is 0 Å². The minimum Gasteiger partial charge on any atom is -0.489 e. The normalized spacial score (nSPS) is 10.5. The number of benzene rings is 2. The van der Waals surface area contributed by atoms with Crippen LogP contribution in [0, 0.1) is 0 Å². The molecule has 0 saturated heterocycles. The lowest BCUT2D eigenvalue weighted by atomic mass is 10.2. The van der Waals surface area contributed by atoms with E-state index in [2.05, 4.69) is 4.98 Å². The molecule has 2 aromatic carbocycles. The average molecular weight is 250 g/mol. The first-order valence-electron chi connectivity index (χ1n) is 6.13. The van der Waals surface area contributed by atoms with Crippen LogP contribution in [0.25, 0.3) is 10.9 Å². The quantitative estimate of drug-likeness (QED) is 0.725. The number of ether oxygens (including phenoxy) is 1. The molecule has 1 aromatic heterocycles. The van der Waals surface area contributed by atoms with Crippen LogP contribution in [0.1, 0.15) is 5.56 Å². The Kier molecular flexibility index (Phi) is 3.02. The van der Waals surface area contributed by atoms with Crippen LogP contribution in [-0.2, 0) is 6.61 Å². The average Bonchev–Trinajstić information content (AvgIpc) is 2.45. The molecule has 1 heterocycles. The molecule has 19 heavy (non-hydrogen) atoms. The van der Waals surface area contributed by atoms with Crippen molar-refractivity contribution in [3.63, 3.8) is 0 Å². The van der Waals surface area contributed by atoms with Crippen LogP contribution >= 0.6 is 0 Å². The van der Waals surface area contributed by atoms with Crippen molar-refractivity contribution in [2.75, 3.05) is 5.73 Å². The van der Waals surface area contributed by atoms with Crippen LogP contribution < -0.4 is 10.5 Å². The second kappa shape index (κ2) is 4.98. The van der Waals surface area contributed by atoms with Crippen LogP contribution in [0.2, 0.25) is 0 Å². The number of hydrogen-bond donors (Lipinski definition) is 1. The lowest BCUT2D eigenvalue weighted by Gasteiger charge is -2.07. The van der Waals surface area contributed by atoms with E-state index in [4.69, 9.17) is 10.5 Å². The van der Waals surface area contributed by atoms with E-state index in [1.165, 1.54) is 0 Å². The summed E-state index contributed by atoms with van der Waals surface area (Å²) < 4.78 is 5.77. The molecule has 0 amide bonds. The Morgan fingerprint density at radius 2 is 1.95 bits per heavy atom. The Labute approximate surface area is 111 Å². The van der Waals surface area contributed by atoms with Crippen LogP contribution in [0.4, 0.5) is 5.69 Å². The summed E-state index contributed by atoms with van der Waals surface area (Å²) >= 11 is 0. The molecule has 0 aliphatic heterocycles. The molecule has 3 nitrogen and oxygen atoms in total. The van der Waals surface area contributed by atoms with Gasteiger partial charge in [0.25, 0.3) is 0 Å². The van der Waals surface area contributed by atoms with Gasteiger partial charge in [0.1, 0.15) is 12.4 Å². The maximum Gasteiger partial charge on any atom is 0.120 e. The maximum atomic E-state index is 5.77. The first-order valence-corrected chi connectivity index (χ1v) is 6.13. The number of rotatable bonds is 3. The third-order valence-electron chi connectivity index (χ3n) is 2.93. The number of hydrogen-bond acceptors (Lipinski definition) is 3. The Morgan fingerprint density at radius 1 is 1.00 bits per heavy atom. The van der Waals surface area contributed by atoms with Gasteiger partial charge in [-0.2, -0.15) is 0 Å². The van der Waals surface area contributed by atoms with Crippen LogP contribution in [0.5, 0.6) is 5.75 Å². The highest BCUT2D eigenvalue weighted by molar-refractivity contribution is 5.79. The van der Waals surface area contributed by atoms with Crippen molar-refractivity contribution >= 4 is 16.6 Å². The highest BCUT2D eigenvalue weighted by atomic mass is 16.5. The van der Waals surface area contributed by atoms with Gasteiger partial charge in [0.2, 0.25) is 0 Å². The molecule has 0 radical (unpaired) electrons. The van der Waals surface area contributed by atoms with Crippen molar-refractivity contribution in [2.45, 2.75) is 6.61 Å². The van der Waals surface area contributed by atoms with E-state index >= 15 is 0 Å². The molecule has 2 N–H and O–H groups in total. The number of pyridine rings is 1. The number of nitrogens with zero attached hydrogens (tertiary/aromatic N) is 1. The molecule has 3 heteroatoms. The van der Waals surface area contributed by atoms with E-state index in [0.717, 1.165) is 27.9 Å². The molecule has 3 aromatic rings. The topological polar surface area (TPSA) is 48.1 Å². The maximum absolute atomic E-state index is 5.77. The van der Waals surface area contributed by atoms with Gasteiger partial charge in [-0.05, 0) is 42.0 Å². The second-order valence-corrected chi connectivity index (χ2v) is 4.39. The van der Waals surface area contributed by atoms with Gasteiger partial charge in [-0.3, -0.25) is 4.98 Å². The summed E-state index contributed by atoms with van der Waals surface area (Å²) in [6.07, 6.45) is 1.79. The number of aromatic nitrogens is 1. The van der Waals surface area contributed by atoms with Gasteiger partial charge in [0, 0.05) is 17.3 Å².